The van der Waals surface area contributed by atoms with Crippen LogP contribution < -0.4 is 0 Å². The lowest BCUT2D eigenvalue weighted by atomic mass is 9.80. The van der Waals surface area contributed by atoms with Crippen molar-refractivity contribution in [1.82, 2.24) is 14.5 Å². The molecule has 1 fully saturated rings. The van der Waals surface area contributed by atoms with Crippen LogP contribution in [0.4, 0.5) is 0 Å². The van der Waals surface area contributed by atoms with Crippen molar-refractivity contribution in [2.45, 2.75) is 50.8 Å². The van der Waals surface area contributed by atoms with Gasteiger partial charge in [0, 0.05) is 16.0 Å². The number of hydrogen-bond donors (Lipinski definition) is 0. The highest BCUT2D eigenvalue weighted by atomic mass is 127. The van der Waals surface area contributed by atoms with Crippen molar-refractivity contribution in [2.24, 2.45) is 0 Å². The van der Waals surface area contributed by atoms with Crippen LogP contribution in [-0.2, 0) is 14.7 Å². The SMILES string of the molecule is CC(C)(C)[Si]OC(C)(C)C1(n2cc(I)c3cncnc32)COC1. The maximum Gasteiger partial charge on any atom is 0.236 e. The van der Waals surface area contributed by atoms with Gasteiger partial charge in [0.25, 0.3) is 0 Å². The maximum atomic E-state index is 6.39. The highest BCUT2D eigenvalue weighted by Gasteiger charge is 2.54. The second-order valence-electron chi connectivity index (χ2n) is 7.60. The third kappa shape index (κ3) is 2.96. The molecule has 0 saturated carbocycles. The Morgan fingerprint density at radius 3 is 2.57 bits per heavy atom. The Morgan fingerprint density at radius 2 is 2.00 bits per heavy atom. The molecule has 0 bridgehead atoms. The highest BCUT2D eigenvalue weighted by Crippen LogP contribution is 2.43. The summed E-state index contributed by atoms with van der Waals surface area (Å²) in [5.41, 5.74) is 0.363. The van der Waals surface area contributed by atoms with Crippen LogP contribution in [-0.4, -0.2) is 43.1 Å². The minimum atomic E-state index is -0.350. The summed E-state index contributed by atoms with van der Waals surface area (Å²) in [6.45, 7) is 12.2. The van der Waals surface area contributed by atoms with Gasteiger partial charge in [-0.25, -0.2) is 9.97 Å². The van der Waals surface area contributed by atoms with Crippen molar-refractivity contribution in [3.8, 4) is 0 Å². The molecular weight excluding hydrogens is 421 g/mol. The van der Waals surface area contributed by atoms with E-state index < -0.39 is 0 Å². The summed E-state index contributed by atoms with van der Waals surface area (Å²) in [7, 11) is 0.429. The summed E-state index contributed by atoms with van der Waals surface area (Å²) in [5, 5.41) is 1.23. The lowest BCUT2D eigenvalue weighted by Crippen LogP contribution is -2.65. The molecule has 2 aromatic heterocycles. The van der Waals surface area contributed by atoms with E-state index >= 15 is 0 Å². The molecule has 0 amide bonds. The first-order valence-corrected chi connectivity index (χ1v) is 9.65. The van der Waals surface area contributed by atoms with Gasteiger partial charge in [0.2, 0.25) is 9.76 Å². The molecule has 124 valence electrons. The zero-order valence-corrected chi connectivity index (χ0v) is 17.3. The summed E-state index contributed by atoms with van der Waals surface area (Å²) in [6, 6.07) is 0. The normalized spacial score (nSPS) is 18.2. The van der Waals surface area contributed by atoms with E-state index in [0.717, 1.165) is 14.6 Å². The van der Waals surface area contributed by atoms with Crippen molar-refractivity contribution in [3.63, 3.8) is 0 Å². The number of halogens is 1. The molecule has 2 radical (unpaired) electrons. The van der Waals surface area contributed by atoms with Crippen LogP contribution in [0.1, 0.15) is 34.6 Å². The molecular formula is C16H22IN3O2Si. The second-order valence-corrected chi connectivity index (χ2v) is 10.7. The van der Waals surface area contributed by atoms with Gasteiger partial charge in [0.15, 0.2) is 0 Å². The van der Waals surface area contributed by atoms with Gasteiger partial charge in [0.05, 0.1) is 24.2 Å². The summed E-state index contributed by atoms with van der Waals surface area (Å²) >= 11 is 2.34. The smallest absolute Gasteiger partial charge is 0.236 e. The Labute approximate surface area is 153 Å². The van der Waals surface area contributed by atoms with Crippen LogP contribution in [0.5, 0.6) is 0 Å². The fraction of sp³-hybridized carbons (Fsp3) is 0.625. The molecule has 1 aliphatic rings. The first-order chi connectivity index (χ1) is 10.7. The van der Waals surface area contributed by atoms with E-state index in [1.807, 2.05) is 6.20 Å². The van der Waals surface area contributed by atoms with Gasteiger partial charge in [-0.2, -0.15) is 0 Å². The Morgan fingerprint density at radius 1 is 1.30 bits per heavy atom. The first-order valence-electron chi connectivity index (χ1n) is 7.66. The van der Waals surface area contributed by atoms with Gasteiger partial charge >= 0.3 is 0 Å². The van der Waals surface area contributed by atoms with E-state index in [0.29, 0.717) is 23.0 Å². The molecule has 1 aliphatic heterocycles. The number of ether oxygens (including phenoxy) is 1. The van der Waals surface area contributed by atoms with Crippen molar-refractivity contribution >= 4 is 43.4 Å². The Kier molecular flexibility index (Phi) is 4.35. The Bertz CT molecular complexity index is 720. The minimum absolute atomic E-state index is 0.151. The van der Waals surface area contributed by atoms with Crippen molar-refractivity contribution in [1.29, 1.82) is 0 Å². The molecule has 23 heavy (non-hydrogen) atoms. The van der Waals surface area contributed by atoms with Gasteiger partial charge in [0.1, 0.15) is 17.5 Å². The predicted molar refractivity (Wildman–Crippen MR) is 99.7 cm³/mol. The van der Waals surface area contributed by atoms with Crippen LogP contribution in [0.25, 0.3) is 11.0 Å². The largest absolute Gasteiger partial charge is 0.409 e. The molecule has 0 unspecified atom stereocenters. The molecule has 1 saturated heterocycles. The molecule has 0 aromatic carbocycles. The lowest BCUT2D eigenvalue weighted by Gasteiger charge is -2.53. The molecule has 5 nitrogen and oxygen atoms in total. The summed E-state index contributed by atoms with van der Waals surface area (Å²) in [6.07, 6.45) is 5.62. The zero-order chi connectivity index (χ0) is 16.9. The molecule has 0 aliphatic carbocycles. The second kappa shape index (κ2) is 5.78. The average molecular weight is 443 g/mol. The third-order valence-electron chi connectivity index (χ3n) is 4.30. The first kappa shape index (κ1) is 17.3. The van der Waals surface area contributed by atoms with E-state index in [1.165, 1.54) is 0 Å². The van der Waals surface area contributed by atoms with Crippen LogP contribution in [0, 0.1) is 3.57 Å². The lowest BCUT2D eigenvalue weighted by molar-refractivity contribution is -0.184. The fourth-order valence-corrected chi connectivity index (χ4v) is 4.11. The minimum Gasteiger partial charge on any atom is -0.409 e. The van der Waals surface area contributed by atoms with Crippen LogP contribution >= 0.6 is 22.6 Å². The fourth-order valence-electron chi connectivity index (χ4n) is 2.70. The topological polar surface area (TPSA) is 49.2 Å². The summed E-state index contributed by atoms with van der Waals surface area (Å²) in [5.74, 6) is 0. The van der Waals surface area contributed by atoms with Crippen molar-refractivity contribution in [3.05, 3.63) is 22.3 Å². The van der Waals surface area contributed by atoms with E-state index in [4.69, 9.17) is 9.16 Å². The van der Waals surface area contributed by atoms with Crippen molar-refractivity contribution < 1.29 is 9.16 Å². The van der Waals surface area contributed by atoms with Gasteiger partial charge in [-0.15, -0.1) is 0 Å². The molecule has 0 spiro atoms. The number of aromatic nitrogens is 3. The van der Waals surface area contributed by atoms with Gasteiger partial charge in [-0.05, 0) is 41.5 Å². The van der Waals surface area contributed by atoms with E-state index in [2.05, 4.69) is 77.9 Å². The number of nitrogens with zero attached hydrogens (tertiary/aromatic N) is 3. The average Bonchev–Trinajstić information content (AvgIpc) is 2.73. The number of hydrogen-bond acceptors (Lipinski definition) is 4. The van der Waals surface area contributed by atoms with E-state index in [9.17, 15) is 0 Å². The summed E-state index contributed by atoms with van der Waals surface area (Å²) < 4.78 is 15.4. The van der Waals surface area contributed by atoms with E-state index in [-0.39, 0.29) is 16.2 Å². The standard InChI is InChI=1S/C16H22IN3O2Si/c1-14(2,3)23-22-15(4,5)16(8-21-9-16)20-7-12(17)11-6-18-10-19-13(11)20/h6-7,10H,8-9H2,1-5H3. The predicted octanol–water partition coefficient (Wildman–Crippen LogP) is 3.39. The van der Waals surface area contributed by atoms with Gasteiger partial charge in [-0.3, -0.25) is 0 Å². The summed E-state index contributed by atoms with van der Waals surface area (Å²) in [4.78, 5) is 8.66. The number of rotatable bonds is 4. The molecule has 7 heteroatoms. The Hall–Kier alpha value is -0.513. The van der Waals surface area contributed by atoms with Gasteiger partial charge < -0.3 is 13.7 Å². The monoisotopic (exact) mass is 443 g/mol. The molecule has 3 heterocycles. The van der Waals surface area contributed by atoms with Crippen LogP contribution in [0.15, 0.2) is 18.7 Å². The molecule has 2 aromatic rings. The van der Waals surface area contributed by atoms with E-state index in [1.54, 1.807) is 6.33 Å². The van der Waals surface area contributed by atoms with Gasteiger partial charge in [-0.1, -0.05) is 20.8 Å². The maximum absolute atomic E-state index is 6.39. The Balaban J connectivity index is 2.03. The highest BCUT2D eigenvalue weighted by molar-refractivity contribution is 14.1. The van der Waals surface area contributed by atoms with Crippen LogP contribution in [0.3, 0.4) is 0 Å². The molecule has 0 N–H and O–H groups in total. The van der Waals surface area contributed by atoms with Crippen molar-refractivity contribution in [2.75, 3.05) is 13.2 Å². The quantitative estimate of drug-likeness (QED) is 0.537. The number of fused-ring (bicyclic) bond motifs is 1. The molecule has 3 rings (SSSR count). The third-order valence-corrected chi connectivity index (χ3v) is 6.38. The van der Waals surface area contributed by atoms with Crippen LogP contribution in [0.2, 0.25) is 5.04 Å². The zero-order valence-electron chi connectivity index (χ0n) is 14.2. The molecule has 0 atom stereocenters.